The first kappa shape index (κ1) is 21.2. The van der Waals surface area contributed by atoms with Crippen LogP contribution in [0.5, 0.6) is 0 Å². The van der Waals surface area contributed by atoms with E-state index >= 15 is 0 Å². The summed E-state index contributed by atoms with van der Waals surface area (Å²) in [6, 6.07) is 15.2. The molecule has 0 unspecified atom stereocenters. The van der Waals surface area contributed by atoms with Gasteiger partial charge in [0.15, 0.2) is 0 Å². The Labute approximate surface area is 195 Å². The molecule has 0 bridgehead atoms. The minimum atomic E-state index is -0.652. The summed E-state index contributed by atoms with van der Waals surface area (Å²) in [4.78, 5) is 44.5. The van der Waals surface area contributed by atoms with Crippen molar-refractivity contribution in [1.82, 2.24) is 15.2 Å². The molecule has 5 rings (SSSR count). The lowest BCUT2D eigenvalue weighted by Gasteiger charge is -2.37. The van der Waals surface area contributed by atoms with Crippen molar-refractivity contribution in [3.63, 3.8) is 0 Å². The molecule has 1 fully saturated rings. The SMILES string of the molecule is O=C(N[C@H]1CCN2C(=O)c3cc(-c4ccc(Cl)cc4)ccc3NC(=O)[C@@H]2C1)c1ccncc1. The fourth-order valence-corrected chi connectivity index (χ4v) is 4.51. The number of amides is 3. The van der Waals surface area contributed by atoms with E-state index in [1.54, 1.807) is 53.7 Å². The highest BCUT2D eigenvalue weighted by molar-refractivity contribution is 6.30. The summed E-state index contributed by atoms with van der Waals surface area (Å²) in [7, 11) is 0. The quantitative estimate of drug-likeness (QED) is 0.622. The van der Waals surface area contributed by atoms with Crippen LogP contribution in [0.3, 0.4) is 0 Å². The van der Waals surface area contributed by atoms with Gasteiger partial charge in [-0.3, -0.25) is 19.4 Å². The van der Waals surface area contributed by atoms with Crippen molar-refractivity contribution in [1.29, 1.82) is 0 Å². The van der Waals surface area contributed by atoms with E-state index in [2.05, 4.69) is 15.6 Å². The molecule has 0 aliphatic carbocycles. The minimum Gasteiger partial charge on any atom is -0.349 e. The summed E-state index contributed by atoms with van der Waals surface area (Å²) < 4.78 is 0. The Kier molecular flexibility index (Phi) is 5.56. The molecular weight excluding hydrogens is 440 g/mol. The second-order valence-corrected chi connectivity index (χ2v) is 8.64. The van der Waals surface area contributed by atoms with Crippen molar-refractivity contribution in [2.45, 2.75) is 24.9 Å². The second kappa shape index (κ2) is 8.67. The van der Waals surface area contributed by atoms with Gasteiger partial charge in [0.25, 0.3) is 11.8 Å². The van der Waals surface area contributed by atoms with E-state index in [-0.39, 0.29) is 23.8 Å². The Morgan fingerprint density at radius 3 is 2.52 bits per heavy atom. The van der Waals surface area contributed by atoms with Gasteiger partial charge in [-0.1, -0.05) is 29.8 Å². The van der Waals surface area contributed by atoms with Crippen molar-refractivity contribution in [2.24, 2.45) is 0 Å². The van der Waals surface area contributed by atoms with Crippen molar-refractivity contribution < 1.29 is 14.4 Å². The lowest BCUT2D eigenvalue weighted by atomic mass is 9.95. The Balaban J connectivity index is 1.37. The molecule has 0 spiro atoms. The van der Waals surface area contributed by atoms with Crippen LogP contribution in [0.1, 0.15) is 33.6 Å². The summed E-state index contributed by atoms with van der Waals surface area (Å²) >= 11 is 5.99. The van der Waals surface area contributed by atoms with Crippen LogP contribution in [0.25, 0.3) is 11.1 Å². The van der Waals surface area contributed by atoms with Crippen LogP contribution in [0.4, 0.5) is 5.69 Å². The van der Waals surface area contributed by atoms with Gasteiger partial charge in [-0.15, -0.1) is 0 Å². The molecule has 166 valence electrons. The summed E-state index contributed by atoms with van der Waals surface area (Å²) in [6.45, 7) is 0.378. The van der Waals surface area contributed by atoms with E-state index in [1.807, 2.05) is 18.2 Å². The zero-order chi connectivity index (χ0) is 22.9. The van der Waals surface area contributed by atoms with E-state index in [4.69, 9.17) is 11.6 Å². The molecular formula is C25H21ClN4O3. The number of hydrogen-bond donors (Lipinski definition) is 2. The van der Waals surface area contributed by atoms with Crippen LogP contribution < -0.4 is 10.6 Å². The lowest BCUT2D eigenvalue weighted by Crippen LogP contribution is -2.55. The normalized spacial score (nSPS) is 19.7. The first-order chi connectivity index (χ1) is 16.0. The topological polar surface area (TPSA) is 91.4 Å². The van der Waals surface area contributed by atoms with Crippen LogP contribution in [-0.4, -0.2) is 46.2 Å². The molecule has 2 aromatic carbocycles. The number of pyridine rings is 1. The zero-order valence-electron chi connectivity index (χ0n) is 17.6. The van der Waals surface area contributed by atoms with Gasteiger partial charge >= 0.3 is 0 Å². The van der Waals surface area contributed by atoms with Crippen LogP contribution >= 0.6 is 11.6 Å². The number of piperidine rings is 1. The number of hydrogen-bond acceptors (Lipinski definition) is 4. The monoisotopic (exact) mass is 460 g/mol. The fourth-order valence-electron chi connectivity index (χ4n) is 4.38. The van der Waals surface area contributed by atoms with Gasteiger partial charge in [0.1, 0.15) is 6.04 Å². The summed E-state index contributed by atoms with van der Waals surface area (Å²) in [5, 5.41) is 6.52. The maximum Gasteiger partial charge on any atom is 0.256 e. The molecule has 2 N–H and O–H groups in total. The number of carbonyl (C=O) groups excluding carboxylic acids is 3. The van der Waals surface area contributed by atoms with Crippen molar-refractivity contribution in [3.05, 3.63) is 83.1 Å². The van der Waals surface area contributed by atoms with Gasteiger partial charge < -0.3 is 15.5 Å². The molecule has 2 atom stereocenters. The van der Waals surface area contributed by atoms with E-state index in [1.165, 1.54) is 0 Å². The smallest absolute Gasteiger partial charge is 0.256 e. The summed E-state index contributed by atoms with van der Waals surface area (Å²) in [5.41, 5.74) is 3.26. The first-order valence-corrected chi connectivity index (χ1v) is 11.1. The predicted molar refractivity (Wildman–Crippen MR) is 125 cm³/mol. The Bertz CT molecular complexity index is 1230. The van der Waals surface area contributed by atoms with E-state index < -0.39 is 6.04 Å². The van der Waals surface area contributed by atoms with Crippen LogP contribution in [0, 0.1) is 0 Å². The third-order valence-corrected chi connectivity index (χ3v) is 6.38. The molecule has 0 radical (unpaired) electrons. The summed E-state index contributed by atoms with van der Waals surface area (Å²) in [6.07, 6.45) is 4.04. The average molecular weight is 461 g/mol. The largest absolute Gasteiger partial charge is 0.349 e. The molecule has 0 saturated carbocycles. The van der Waals surface area contributed by atoms with E-state index in [9.17, 15) is 14.4 Å². The van der Waals surface area contributed by atoms with Gasteiger partial charge in [0, 0.05) is 35.6 Å². The highest BCUT2D eigenvalue weighted by atomic mass is 35.5. The first-order valence-electron chi connectivity index (χ1n) is 10.7. The molecule has 3 heterocycles. The molecule has 33 heavy (non-hydrogen) atoms. The Hall–Kier alpha value is -3.71. The Morgan fingerprint density at radius 1 is 1.03 bits per heavy atom. The van der Waals surface area contributed by atoms with Crippen molar-refractivity contribution in [3.8, 4) is 11.1 Å². The molecule has 7 nitrogen and oxygen atoms in total. The number of aromatic nitrogens is 1. The zero-order valence-corrected chi connectivity index (χ0v) is 18.4. The molecule has 3 amide bonds. The number of halogens is 1. The fraction of sp³-hybridized carbons (Fsp3) is 0.200. The predicted octanol–water partition coefficient (Wildman–Crippen LogP) is 3.76. The molecule has 2 aliphatic heterocycles. The molecule has 1 saturated heterocycles. The number of carbonyl (C=O) groups is 3. The van der Waals surface area contributed by atoms with Crippen molar-refractivity contribution in [2.75, 3.05) is 11.9 Å². The maximum absolute atomic E-state index is 13.4. The van der Waals surface area contributed by atoms with Crippen molar-refractivity contribution >= 4 is 35.0 Å². The van der Waals surface area contributed by atoms with Gasteiger partial charge in [-0.25, -0.2) is 0 Å². The highest BCUT2D eigenvalue weighted by Gasteiger charge is 2.40. The molecule has 3 aromatic rings. The van der Waals surface area contributed by atoms with Gasteiger partial charge in [-0.2, -0.15) is 0 Å². The second-order valence-electron chi connectivity index (χ2n) is 8.20. The van der Waals surface area contributed by atoms with E-state index in [0.29, 0.717) is 41.2 Å². The van der Waals surface area contributed by atoms with E-state index in [0.717, 1.165) is 11.1 Å². The number of rotatable bonds is 3. The molecule has 1 aromatic heterocycles. The number of nitrogens with one attached hydrogen (secondary N) is 2. The van der Waals surface area contributed by atoms with Crippen LogP contribution in [0.15, 0.2) is 67.0 Å². The third kappa shape index (κ3) is 4.19. The minimum absolute atomic E-state index is 0.192. The average Bonchev–Trinajstić information content (AvgIpc) is 2.94. The third-order valence-electron chi connectivity index (χ3n) is 6.13. The number of nitrogens with zero attached hydrogens (tertiary/aromatic N) is 2. The Morgan fingerprint density at radius 2 is 1.76 bits per heavy atom. The number of anilines is 1. The molecule has 8 heteroatoms. The lowest BCUT2D eigenvalue weighted by molar-refractivity contribution is -0.121. The molecule has 2 aliphatic rings. The van der Waals surface area contributed by atoms with Gasteiger partial charge in [-0.05, 0) is 60.4 Å². The van der Waals surface area contributed by atoms with Gasteiger partial charge in [0.2, 0.25) is 5.91 Å². The van der Waals surface area contributed by atoms with Gasteiger partial charge in [0.05, 0.1) is 11.3 Å². The summed E-state index contributed by atoms with van der Waals surface area (Å²) in [5.74, 6) is -0.653. The number of fused-ring (bicyclic) bond motifs is 2. The number of benzene rings is 2. The van der Waals surface area contributed by atoms with Crippen LogP contribution in [-0.2, 0) is 4.79 Å². The standard InChI is InChI=1S/C25H21ClN4O3/c26-18-4-1-15(2-5-18)17-3-6-21-20(13-17)25(33)30-12-9-19(14-22(30)24(32)29-21)28-23(31)16-7-10-27-11-8-16/h1-8,10-11,13,19,22H,9,12,14H2,(H,28,31)(H,29,32)/t19-,22-/m0/s1. The van der Waals surface area contributed by atoms with Crippen LogP contribution in [0.2, 0.25) is 5.02 Å². The maximum atomic E-state index is 13.4. The highest BCUT2D eigenvalue weighted by Crippen LogP contribution is 2.32.